The second-order valence-corrected chi connectivity index (χ2v) is 7.56. The molecule has 1 atom stereocenters. The largest absolute Gasteiger partial charge is 0.380 e. The van der Waals surface area contributed by atoms with Crippen LogP contribution in [0.5, 0.6) is 0 Å². The molecule has 1 fully saturated rings. The number of ether oxygens (including phenoxy) is 1. The Labute approximate surface area is 174 Å². The Kier molecular flexibility index (Phi) is 8.04. The number of rotatable bonds is 8. The minimum Gasteiger partial charge on any atom is -0.380 e. The highest BCUT2D eigenvalue weighted by Crippen LogP contribution is 2.24. The number of piperazine rings is 1. The van der Waals surface area contributed by atoms with Gasteiger partial charge in [-0.15, -0.1) is 0 Å². The van der Waals surface area contributed by atoms with E-state index in [2.05, 4.69) is 57.5 Å². The van der Waals surface area contributed by atoms with Crippen LogP contribution in [-0.2, 0) is 11.3 Å². The van der Waals surface area contributed by atoms with Crippen LogP contribution in [0.3, 0.4) is 0 Å². The summed E-state index contributed by atoms with van der Waals surface area (Å²) in [7, 11) is 3.89. The van der Waals surface area contributed by atoms with Gasteiger partial charge < -0.3 is 20.7 Å². The highest BCUT2D eigenvalue weighted by Gasteiger charge is 2.25. The van der Waals surface area contributed by atoms with Crippen molar-refractivity contribution in [2.75, 3.05) is 52.2 Å². The zero-order valence-electron chi connectivity index (χ0n) is 17.6. The van der Waals surface area contributed by atoms with Gasteiger partial charge in [-0.3, -0.25) is 9.89 Å². The topological polar surface area (TPSA) is 66.1 Å². The highest BCUT2D eigenvalue weighted by atomic mass is 16.5. The van der Waals surface area contributed by atoms with Crippen molar-refractivity contribution in [1.29, 1.82) is 0 Å². The summed E-state index contributed by atoms with van der Waals surface area (Å²) in [6.45, 7) is 5.52. The Balaban J connectivity index is 1.52. The van der Waals surface area contributed by atoms with E-state index in [9.17, 15) is 0 Å². The summed E-state index contributed by atoms with van der Waals surface area (Å²) in [4.78, 5) is 9.50. The number of nitrogens with two attached hydrogens (primary N) is 1. The van der Waals surface area contributed by atoms with E-state index in [1.54, 1.807) is 7.11 Å². The van der Waals surface area contributed by atoms with Gasteiger partial charge in [0.15, 0.2) is 5.96 Å². The van der Waals surface area contributed by atoms with E-state index in [-0.39, 0.29) is 0 Å². The van der Waals surface area contributed by atoms with Crippen LogP contribution in [0.25, 0.3) is 0 Å². The molecule has 0 bridgehead atoms. The Bertz CT molecular complexity index is 780. The van der Waals surface area contributed by atoms with Gasteiger partial charge in [0.1, 0.15) is 0 Å². The molecule has 0 radical (unpaired) electrons. The van der Waals surface area contributed by atoms with E-state index in [1.165, 1.54) is 5.56 Å². The van der Waals surface area contributed by atoms with Crippen LogP contribution in [0.4, 0.5) is 5.69 Å². The molecular weight excluding hydrogens is 362 g/mol. The molecular formula is C23H33N5O. The molecule has 1 aliphatic rings. The van der Waals surface area contributed by atoms with Gasteiger partial charge in [0.2, 0.25) is 0 Å². The number of likely N-dealkylation sites (N-methyl/N-ethyl adjacent to an activating group) is 1. The van der Waals surface area contributed by atoms with Crippen LogP contribution >= 0.6 is 0 Å². The van der Waals surface area contributed by atoms with E-state index in [4.69, 9.17) is 10.5 Å². The number of aliphatic imine (C=N–C) groups is 1. The van der Waals surface area contributed by atoms with Crippen molar-refractivity contribution in [1.82, 2.24) is 9.80 Å². The molecule has 2 aromatic carbocycles. The highest BCUT2D eigenvalue weighted by molar-refractivity contribution is 5.92. The maximum Gasteiger partial charge on any atom is 0.193 e. The number of methoxy groups -OCH3 is 1. The second-order valence-electron chi connectivity index (χ2n) is 7.56. The van der Waals surface area contributed by atoms with Crippen molar-refractivity contribution in [2.45, 2.75) is 19.1 Å². The molecule has 0 amide bonds. The molecule has 29 heavy (non-hydrogen) atoms. The molecule has 2 aromatic rings. The van der Waals surface area contributed by atoms with E-state index < -0.39 is 0 Å². The molecule has 0 aliphatic carbocycles. The van der Waals surface area contributed by atoms with Gasteiger partial charge in [-0.05, 0) is 25.1 Å². The molecule has 1 aliphatic heterocycles. The fourth-order valence-corrected chi connectivity index (χ4v) is 3.79. The zero-order valence-corrected chi connectivity index (χ0v) is 17.6. The first-order chi connectivity index (χ1) is 14.2. The number of nitrogens with one attached hydrogen (secondary N) is 1. The lowest BCUT2D eigenvalue weighted by Gasteiger charge is -2.40. The van der Waals surface area contributed by atoms with Crippen LogP contribution in [0.2, 0.25) is 0 Å². The van der Waals surface area contributed by atoms with Crippen LogP contribution < -0.4 is 11.1 Å². The van der Waals surface area contributed by atoms with Crippen molar-refractivity contribution < 1.29 is 4.74 Å². The number of anilines is 1. The fourth-order valence-electron chi connectivity index (χ4n) is 3.79. The van der Waals surface area contributed by atoms with Crippen molar-refractivity contribution >= 4 is 11.6 Å². The minimum absolute atomic E-state index is 0.440. The molecule has 3 rings (SSSR count). The van der Waals surface area contributed by atoms with Gasteiger partial charge in [-0.25, -0.2) is 0 Å². The maximum atomic E-state index is 6.10. The SMILES string of the molecule is COCc1ccccc1NC(N)=NCCCN1CCN(C)CC1c1ccccc1. The number of hydrogen-bond donors (Lipinski definition) is 2. The Morgan fingerprint density at radius 2 is 1.90 bits per heavy atom. The first-order valence-corrected chi connectivity index (χ1v) is 10.3. The maximum absolute atomic E-state index is 6.10. The van der Waals surface area contributed by atoms with E-state index in [0.717, 1.165) is 43.9 Å². The molecule has 0 aromatic heterocycles. The predicted octanol–water partition coefficient (Wildman–Crippen LogP) is 2.94. The van der Waals surface area contributed by atoms with E-state index >= 15 is 0 Å². The average molecular weight is 396 g/mol. The number of benzene rings is 2. The summed E-state index contributed by atoms with van der Waals surface area (Å²) in [5.74, 6) is 0.450. The zero-order chi connectivity index (χ0) is 20.5. The molecule has 6 nitrogen and oxygen atoms in total. The van der Waals surface area contributed by atoms with Crippen molar-refractivity contribution in [2.24, 2.45) is 10.7 Å². The van der Waals surface area contributed by atoms with Crippen LogP contribution in [0.15, 0.2) is 59.6 Å². The molecule has 1 unspecified atom stereocenters. The first kappa shape index (κ1) is 21.3. The van der Waals surface area contributed by atoms with Gasteiger partial charge in [0, 0.05) is 57.1 Å². The third-order valence-electron chi connectivity index (χ3n) is 5.34. The lowest BCUT2D eigenvalue weighted by atomic mass is 10.0. The lowest BCUT2D eigenvalue weighted by molar-refractivity contribution is 0.0894. The molecule has 6 heteroatoms. The Morgan fingerprint density at radius 1 is 1.14 bits per heavy atom. The second kappa shape index (κ2) is 11.0. The normalized spacial score (nSPS) is 18.7. The van der Waals surface area contributed by atoms with Gasteiger partial charge in [-0.1, -0.05) is 48.5 Å². The fraction of sp³-hybridized carbons (Fsp3) is 0.435. The summed E-state index contributed by atoms with van der Waals surface area (Å²) in [5, 5.41) is 3.20. The van der Waals surface area contributed by atoms with Gasteiger partial charge in [-0.2, -0.15) is 0 Å². The quantitative estimate of drug-likeness (QED) is 0.409. The number of nitrogens with zero attached hydrogens (tertiary/aromatic N) is 3. The summed E-state index contributed by atoms with van der Waals surface area (Å²) in [6, 6.07) is 19.2. The van der Waals surface area contributed by atoms with Crippen molar-refractivity contribution in [3.63, 3.8) is 0 Å². The third-order valence-corrected chi connectivity index (χ3v) is 5.34. The van der Waals surface area contributed by atoms with Crippen LogP contribution in [-0.4, -0.2) is 62.6 Å². The predicted molar refractivity (Wildman–Crippen MR) is 120 cm³/mol. The summed E-state index contributed by atoms with van der Waals surface area (Å²) < 4.78 is 5.24. The molecule has 0 spiro atoms. The first-order valence-electron chi connectivity index (χ1n) is 10.3. The lowest BCUT2D eigenvalue weighted by Crippen LogP contribution is -2.47. The summed E-state index contributed by atoms with van der Waals surface area (Å²) >= 11 is 0. The van der Waals surface area contributed by atoms with Gasteiger partial charge >= 0.3 is 0 Å². The summed E-state index contributed by atoms with van der Waals surface area (Å²) in [5.41, 5.74) is 9.50. The van der Waals surface area contributed by atoms with Crippen molar-refractivity contribution in [3.05, 3.63) is 65.7 Å². The number of para-hydroxylation sites is 1. The molecule has 1 heterocycles. The van der Waals surface area contributed by atoms with E-state index in [0.29, 0.717) is 25.2 Å². The smallest absolute Gasteiger partial charge is 0.193 e. The van der Waals surface area contributed by atoms with Crippen LogP contribution in [0.1, 0.15) is 23.6 Å². The Hall–Kier alpha value is -2.41. The standard InChI is InChI=1S/C23H33N5O/c1-27-15-16-28(22(17-27)19-9-4-3-5-10-19)14-8-13-25-23(24)26-21-12-7-6-11-20(21)18-29-2/h3-7,9-12,22H,8,13-18H2,1-2H3,(H3,24,25,26). The van der Waals surface area contributed by atoms with Gasteiger partial charge in [0.05, 0.1) is 6.61 Å². The Morgan fingerprint density at radius 3 is 2.69 bits per heavy atom. The molecule has 0 saturated carbocycles. The average Bonchev–Trinajstić information content (AvgIpc) is 2.74. The third kappa shape index (κ3) is 6.29. The number of hydrogen-bond acceptors (Lipinski definition) is 4. The van der Waals surface area contributed by atoms with Gasteiger partial charge in [0.25, 0.3) is 0 Å². The molecule has 3 N–H and O–H groups in total. The molecule has 1 saturated heterocycles. The molecule has 156 valence electrons. The monoisotopic (exact) mass is 395 g/mol. The van der Waals surface area contributed by atoms with Crippen LogP contribution in [0, 0.1) is 0 Å². The summed E-state index contributed by atoms with van der Waals surface area (Å²) in [6.07, 6.45) is 0.981. The van der Waals surface area contributed by atoms with E-state index in [1.807, 2.05) is 24.3 Å². The van der Waals surface area contributed by atoms with Crippen molar-refractivity contribution in [3.8, 4) is 0 Å². The number of guanidine groups is 1. The minimum atomic E-state index is 0.440.